The lowest BCUT2D eigenvalue weighted by Gasteiger charge is -2.08. The molecule has 0 saturated carbocycles. The Kier molecular flexibility index (Phi) is 2.82. The van der Waals surface area contributed by atoms with E-state index in [1.807, 2.05) is 0 Å². The van der Waals surface area contributed by atoms with Crippen LogP contribution < -0.4 is 9.47 Å². The second-order valence-corrected chi connectivity index (χ2v) is 3.43. The number of rotatable bonds is 2. The van der Waals surface area contributed by atoms with Crippen LogP contribution in [0.4, 0.5) is 5.69 Å². The van der Waals surface area contributed by atoms with Crippen molar-refractivity contribution >= 4 is 11.7 Å². The van der Waals surface area contributed by atoms with Crippen molar-refractivity contribution in [2.45, 2.75) is 6.42 Å². The molecule has 0 saturated heterocycles. The fourth-order valence-corrected chi connectivity index (χ4v) is 1.52. The Labute approximate surface area is 95.7 Å². The number of carbonyl (C=O) groups is 1. The molecule has 1 heterocycles. The molecule has 0 radical (unpaired) electrons. The summed E-state index contributed by atoms with van der Waals surface area (Å²) in [7, 11) is 0. The Bertz CT molecular complexity index is 441. The van der Waals surface area contributed by atoms with Gasteiger partial charge in [-0.2, -0.15) is 0 Å². The van der Waals surface area contributed by atoms with Gasteiger partial charge in [0.1, 0.15) is 5.56 Å². The Morgan fingerprint density at radius 2 is 1.88 bits per heavy atom. The van der Waals surface area contributed by atoms with E-state index >= 15 is 0 Å². The minimum atomic E-state index is -1.37. The molecule has 0 spiro atoms. The van der Waals surface area contributed by atoms with Crippen LogP contribution in [0, 0.1) is 10.1 Å². The molecule has 17 heavy (non-hydrogen) atoms. The van der Waals surface area contributed by atoms with Crippen LogP contribution >= 0.6 is 0 Å². The number of benzene rings is 1. The van der Waals surface area contributed by atoms with Gasteiger partial charge in [-0.15, -0.1) is 0 Å². The average Bonchev–Trinajstić information content (AvgIpc) is 2.51. The Balaban J connectivity index is 2.56. The van der Waals surface area contributed by atoms with Crippen LogP contribution in [-0.4, -0.2) is 29.2 Å². The van der Waals surface area contributed by atoms with Crippen molar-refractivity contribution < 1.29 is 24.3 Å². The number of carboxylic acids is 1. The zero-order valence-corrected chi connectivity index (χ0v) is 8.71. The molecule has 1 aromatic rings. The van der Waals surface area contributed by atoms with Crippen molar-refractivity contribution in [2.75, 3.05) is 13.2 Å². The van der Waals surface area contributed by atoms with E-state index in [4.69, 9.17) is 14.6 Å². The summed E-state index contributed by atoms with van der Waals surface area (Å²) < 4.78 is 10.5. The van der Waals surface area contributed by atoms with Crippen molar-refractivity contribution in [3.05, 3.63) is 27.8 Å². The first-order chi connectivity index (χ1) is 8.09. The number of carboxylic acid groups (broad SMARTS) is 1. The lowest BCUT2D eigenvalue weighted by molar-refractivity contribution is -0.385. The average molecular weight is 239 g/mol. The van der Waals surface area contributed by atoms with Gasteiger partial charge in [-0.3, -0.25) is 10.1 Å². The summed E-state index contributed by atoms with van der Waals surface area (Å²) in [6.07, 6.45) is 0.644. The highest BCUT2D eigenvalue weighted by molar-refractivity contribution is 5.93. The van der Waals surface area contributed by atoms with Gasteiger partial charge in [-0.05, 0) is 0 Å². The van der Waals surface area contributed by atoms with Gasteiger partial charge in [0.15, 0.2) is 11.5 Å². The van der Waals surface area contributed by atoms with Crippen molar-refractivity contribution in [3.8, 4) is 11.5 Å². The number of aromatic carboxylic acids is 1. The Morgan fingerprint density at radius 3 is 2.41 bits per heavy atom. The minimum absolute atomic E-state index is 0.208. The highest BCUT2D eigenvalue weighted by Crippen LogP contribution is 2.36. The van der Waals surface area contributed by atoms with Gasteiger partial charge in [-0.25, -0.2) is 4.79 Å². The van der Waals surface area contributed by atoms with Gasteiger partial charge in [-0.1, -0.05) is 0 Å². The minimum Gasteiger partial charge on any atom is -0.490 e. The zero-order chi connectivity index (χ0) is 12.4. The molecule has 7 heteroatoms. The van der Waals surface area contributed by atoms with Crippen LogP contribution in [0.25, 0.3) is 0 Å². The van der Waals surface area contributed by atoms with Crippen LogP contribution in [-0.2, 0) is 0 Å². The molecule has 0 unspecified atom stereocenters. The predicted octanol–water partition coefficient (Wildman–Crippen LogP) is 1.45. The molecule has 2 rings (SSSR count). The summed E-state index contributed by atoms with van der Waals surface area (Å²) in [6.45, 7) is 0.778. The summed E-state index contributed by atoms with van der Waals surface area (Å²) in [5, 5.41) is 19.6. The topological polar surface area (TPSA) is 98.9 Å². The summed E-state index contributed by atoms with van der Waals surface area (Å²) in [6, 6.07) is 2.21. The summed E-state index contributed by atoms with van der Waals surface area (Å²) in [4.78, 5) is 20.9. The predicted molar refractivity (Wildman–Crippen MR) is 55.7 cm³/mol. The van der Waals surface area contributed by atoms with Gasteiger partial charge in [0.05, 0.1) is 24.2 Å². The highest BCUT2D eigenvalue weighted by Gasteiger charge is 2.25. The van der Waals surface area contributed by atoms with E-state index in [9.17, 15) is 14.9 Å². The summed E-state index contributed by atoms with van der Waals surface area (Å²) in [5.41, 5.74) is -0.902. The van der Waals surface area contributed by atoms with Gasteiger partial charge in [0.2, 0.25) is 0 Å². The molecule has 1 aliphatic heterocycles. The molecule has 1 aromatic carbocycles. The van der Waals surface area contributed by atoms with E-state index in [0.717, 1.165) is 12.1 Å². The third-order valence-corrected chi connectivity index (χ3v) is 2.29. The van der Waals surface area contributed by atoms with E-state index in [2.05, 4.69) is 0 Å². The smallest absolute Gasteiger partial charge is 0.342 e. The zero-order valence-electron chi connectivity index (χ0n) is 8.71. The fourth-order valence-electron chi connectivity index (χ4n) is 1.52. The molecule has 0 aromatic heterocycles. The third kappa shape index (κ3) is 2.12. The molecular formula is C10H9NO6. The number of hydrogen-bond donors (Lipinski definition) is 1. The highest BCUT2D eigenvalue weighted by atomic mass is 16.6. The van der Waals surface area contributed by atoms with E-state index in [1.54, 1.807) is 0 Å². The SMILES string of the molecule is O=C(O)c1cc2c(cc1[N+](=O)[O-])OCCCO2. The van der Waals surface area contributed by atoms with Crippen molar-refractivity contribution in [3.63, 3.8) is 0 Å². The van der Waals surface area contributed by atoms with Crippen LogP contribution in [0.3, 0.4) is 0 Å². The molecule has 1 N–H and O–H groups in total. The maximum absolute atomic E-state index is 10.9. The number of nitro benzene ring substituents is 1. The normalized spacial score (nSPS) is 13.9. The Morgan fingerprint density at radius 1 is 1.29 bits per heavy atom. The second-order valence-electron chi connectivity index (χ2n) is 3.43. The van der Waals surface area contributed by atoms with E-state index < -0.39 is 22.1 Å². The van der Waals surface area contributed by atoms with Gasteiger partial charge >= 0.3 is 5.97 Å². The van der Waals surface area contributed by atoms with Crippen LogP contribution in [0.2, 0.25) is 0 Å². The van der Waals surface area contributed by atoms with Crippen molar-refractivity contribution in [1.82, 2.24) is 0 Å². The molecule has 7 nitrogen and oxygen atoms in total. The molecule has 90 valence electrons. The maximum atomic E-state index is 10.9. The van der Waals surface area contributed by atoms with E-state index in [0.29, 0.717) is 19.6 Å². The molecule has 0 aliphatic carbocycles. The van der Waals surface area contributed by atoms with Crippen molar-refractivity contribution in [1.29, 1.82) is 0 Å². The first kappa shape index (κ1) is 11.2. The third-order valence-electron chi connectivity index (χ3n) is 2.29. The molecule has 0 atom stereocenters. The van der Waals surface area contributed by atoms with Crippen LogP contribution in [0.1, 0.15) is 16.8 Å². The quantitative estimate of drug-likeness (QED) is 0.619. The van der Waals surface area contributed by atoms with Gasteiger partial charge < -0.3 is 14.6 Å². The van der Waals surface area contributed by atoms with Crippen molar-refractivity contribution in [2.24, 2.45) is 0 Å². The molecule has 0 amide bonds. The largest absolute Gasteiger partial charge is 0.490 e. The summed E-state index contributed by atoms with van der Waals surface area (Å²) in [5.74, 6) is -0.933. The standard InChI is InChI=1S/C10H9NO6/c12-10(13)6-4-8-9(5-7(6)11(14)15)17-3-1-2-16-8/h4-5H,1-3H2,(H,12,13). The first-order valence-electron chi connectivity index (χ1n) is 4.91. The maximum Gasteiger partial charge on any atom is 0.342 e. The molecule has 0 bridgehead atoms. The lowest BCUT2D eigenvalue weighted by atomic mass is 10.1. The number of nitrogens with zero attached hydrogens (tertiary/aromatic N) is 1. The lowest BCUT2D eigenvalue weighted by Crippen LogP contribution is -2.04. The van der Waals surface area contributed by atoms with Gasteiger partial charge in [0, 0.05) is 12.5 Å². The van der Waals surface area contributed by atoms with Crippen LogP contribution in [0.5, 0.6) is 11.5 Å². The van der Waals surface area contributed by atoms with Gasteiger partial charge in [0.25, 0.3) is 5.69 Å². The molecular weight excluding hydrogens is 230 g/mol. The fraction of sp³-hybridized carbons (Fsp3) is 0.300. The van der Waals surface area contributed by atoms with E-state index in [-0.39, 0.29) is 11.5 Å². The molecule has 1 aliphatic rings. The number of ether oxygens (including phenoxy) is 2. The first-order valence-corrected chi connectivity index (χ1v) is 4.91. The van der Waals surface area contributed by atoms with E-state index in [1.165, 1.54) is 0 Å². The monoisotopic (exact) mass is 239 g/mol. The summed E-state index contributed by atoms with van der Waals surface area (Å²) >= 11 is 0. The van der Waals surface area contributed by atoms with Crippen LogP contribution in [0.15, 0.2) is 12.1 Å². The Hall–Kier alpha value is -2.31. The number of hydrogen-bond acceptors (Lipinski definition) is 5. The molecule has 0 fully saturated rings. The number of fused-ring (bicyclic) bond motifs is 1. The second kappa shape index (κ2) is 4.28. The number of nitro groups is 1.